The zero-order valence-electron chi connectivity index (χ0n) is 12.2. The lowest BCUT2D eigenvalue weighted by Gasteiger charge is -2.29. The third kappa shape index (κ3) is 2.39. The summed E-state index contributed by atoms with van der Waals surface area (Å²) >= 11 is 0. The highest BCUT2D eigenvalue weighted by Gasteiger charge is 2.40. The number of methoxy groups -OCH3 is 1. The minimum Gasteiger partial charge on any atom is -0.490 e. The molecule has 1 fully saturated rings. The van der Waals surface area contributed by atoms with Gasteiger partial charge in [-0.2, -0.15) is 0 Å². The van der Waals surface area contributed by atoms with E-state index in [4.69, 9.17) is 4.74 Å². The minimum atomic E-state index is -0.752. The van der Waals surface area contributed by atoms with Crippen LogP contribution in [0.5, 0.6) is 5.75 Å². The molecule has 2 aliphatic heterocycles. The van der Waals surface area contributed by atoms with Crippen molar-refractivity contribution in [3.63, 3.8) is 0 Å². The van der Waals surface area contributed by atoms with E-state index in [1.165, 1.54) is 24.1 Å². The van der Waals surface area contributed by atoms with Gasteiger partial charge in [0.25, 0.3) is 5.91 Å². The van der Waals surface area contributed by atoms with Gasteiger partial charge in [0.2, 0.25) is 11.8 Å². The Morgan fingerprint density at radius 3 is 2.70 bits per heavy atom. The number of fused-ring (bicyclic) bond motifs is 1. The molecule has 1 aromatic rings. The first kappa shape index (κ1) is 14.9. The quantitative estimate of drug-likeness (QED) is 0.488. The molecule has 0 aliphatic carbocycles. The van der Waals surface area contributed by atoms with Crippen LogP contribution in [0.3, 0.4) is 0 Å². The maximum absolute atomic E-state index is 12.5. The summed E-state index contributed by atoms with van der Waals surface area (Å²) in [6, 6.07) is 1.86. The number of piperidine rings is 1. The van der Waals surface area contributed by atoms with E-state index in [0.29, 0.717) is 5.56 Å². The van der Waals surface area contributed by atoms with Crippen LogP contribution in [0, 0.1) is 10.1 Å². The Morgan fingerprint density at radius 1 is 1.35 bits per heavy atom. The predicted octanol–water partition coefficient (Wildman–Crippen LogP) is 0.364. The maximum Gasteiger partial charge on any atom is 0.311 e. The Labute approximate surface area is 130 Å². The fourth-order valence-electron chi connectivity index (χ4n) is 2.89. The lowest BCUT2D eigenvalue weighted by atomic mass is 10.0. The molecule has 9 nitrogen and oxygen atoms in total. The summed E-state index contributed by atoms with van der Waals surface area (Å²) in [5.74, 6) is -1.30. The number of imide groups is 1. The lowest BCUT2D eigenvalue weighted by Crippen LogP contribution is -2.52. The molecular formula is C14H13N3O6. The van der Waals surface area contributed by atoms with Crippen LogP contribution >= 0.6 is 0 Å². The van der Waals surface area contributed by atoms with E-state index in [1.807, 2.05) is 0 Å². The number of nitrogens with one attached hydrogen (secondary N) is 1. The molecule has 3 amide bonds. The Morgan fingerprint density at radius 2 is 2.09 bits per heavy atom. The molecule has 3 rings (SSSR count). The average Bonchev–Trinajstić information content (AvgIpc) is 2.82. The first-order chi connectivity index (χ1) is 10.9. The van der Waals surface area contributed by atoms with Crippen LogP contribution in [-0.4, -0.2) is 40.7 Å². The summed E-state index contributed by atoms with van der Waals surface area (Å²) in [4.78, 5) is 47.4. The van der Waals surface area contributed by atoms with Crippen LogP contribution in [-0.2, 0) is 16.1 Å². The molecule has 0 bridgehead atoms. The number of rotatable bonds is 3. The zero-order valence-corrected chi connectivity index (χ0v) is 12.2. The Hall–Kier alpha value is -2.97. The molecular weight excluding hydrogens is 306 g/mol. The van der Waals surface area contributed by atoms with Gasteiger partial charge in [-0.15, -0.1) is 0 Å². The molecule has 23 heavy (non-hydrogen) atoms. The molecule has 1 aromatic carbocycles. The summed E-state index contributed by atoms with van der Waals surface area (Å²) in [5.41, 5.74) is 0.508. The number of ether oxygens (including phenoxy) is 1. The van der Waals surface area contributed by atoms with Crippen molar-refractivity contribution in [3.05, 3.63) is 33.4 Å². The van der Waals surface area contributed by atoms with Crippen molar-refractivity contribution in [3.8, 4) is 5.75 Å². The van der Waals surface area contributed by atoms with Gasteiger partial charge in [0.05, 0.1) is 12.0 Å². The molecule has 1 unspecified atom stereocenters. The molecule has 0 spiro atoms. The summed E-state index contributed by atoms with van der Waals surface area (Å²) < 4.78 is 4.96. The van der Waals surface area contributed by atoms with Crippen molar-refractivity contribution >= 4 is 23.4 Å². The average molecular weight is 319 g/mol. The number of carbonyl (C=O) groups is 3. The Kier molecular flexibility index (Phi) is 3.47. The first-order valence-electron chi connectivity index (χ1n) is 6.92. The second-order valence-corrected chi connectivity index (χ2v) is 5.34. The van der Waals surface area contributed by atoms with E-state index in [0.717, 1.165) is 0 Å². The molecule has 9 heteroatoms. The molecule has 2 aliphatic rings. The van der Waals surface area contributed by atoms with Crippen molar-refractivity contribution < 1.29 is 24.0 Å². The van der Waals surface area contributed by atoms with Crippen LogP contribution in [0.2, 0.25) is 0 Å². The van der Waals surface area contributed by atoms with Crippen molar-refractivity contribution in [2.75, 3.05) is 7.11 Å². The van der Waals surface area contributed by atoms with Crippen LogP contribution < -0.4 is 10.1 Å². The second-order valence-electron chi connectivity index (χ2n) is 5.34. The van der Waals surface area contributed by atoms with E-state index in [1.54, 1.807) is 0 Å². The third-order valence-electron chi connectivity index (χ3n) is 4.02. The predicted molar refractivity (Wildman–Crippen MR) is 75.7 cm³/mol. The van der Waals surface area contributed by atoms with E-state index in [2.05, 4.69) is 5.32 Å². The summed E-state index contributed by atoms with van der Waals surface area (Å²) in [7, 11) is 1.28. The molecule has 2 heterocycles. The number of benzene rings is 1. The van der Waals surface area contributed by atoms with E-state index in [-0.39, 0.29) is 42.3 Å². The molecule has 120 valence electrons. The van der Waals surface area contributed by atoms with Crippen LogP contribution in [0.25, 0.3) is 0 Å². The van der Waals surface area contributed by atoms with Gasteiger partial charge in [-0.05, 0) is 12.0 Å². The van der Waals surface area contributed by atoms with Crippen molar-refractivity contribution in [2.45, 2.75) is 25.4 Å². The van der Waals surface area contributed by atoms with Gasteiger partial charge < -0.3 is 9.64 Å². The molecule has 0 saturated carbocycles. The van der Waals surface area contributed by atoms with E-state index in [9.17, 15) is 24.5 Å². The Balaban J connectivity index is 1.94. The molecule has 0 radical (unpaired) electrons. The number of nitro benzene ring substituents is 1. The van der Waals surface area contributed by atoms with Gasteiger partial charge in [0.1, 0.15) is 6.04 Å². The van der Waals surface area contributed by atoms with Crippen LogP contribution in [0.1, 0.15) is 28.8 Å². The summed E-state index contributed by atoms with van der Waals surface area (Å²) in [6.45, 7) is 0.0886. The smallest absolute Gasteiger partial charge is 0.311 e. The summed E-state index contributed by atoms with van der Waals surface area (Å²) in [5, 5.41) is 13.3. The first-order valence-corrected chi connectivity index (χ1v) is 6.92. The standard InChI is InChI=1S/C14H13N3O6/c1-23-11-5-8-7(4-10(11)17(21)22)6-16(14(8)20)9-2-3-12(18)15-13(9)19/h4-5,9H,2-3,6H2,1H3,(H,15,18,19). The highest BCUT2D eigenvalue weighted by Crippen LogP contribution is 2.36. The van der Waals surface area contributed by atoms with Gasteiger partial charge in [-0.25, -0.2) is 0 Å². The highest BCUT2D eigenvalue weighted by molar-refractivity contribution is 6.05. The number of nitro groups is 1. The fourth-order valence-corrected chi connectivity index (χ4v) is 2.89. The number of hydrogen-bond donors (Lipinski definition) is 1. The van der Waals surface area contributed by atoms with E-state index < -0.39 is 22.8 Å². The van der Waals surface area contributed by atoms with Crippen LogP contribution in [0.15, 0.2) is 12.1 Å². The van der Waals surface area contributed by atoms with Gasteiger partial charge >= 0.3 is 5.69 Å². The molecule has 1 saturated heterocycles. The topological polar surface area (TPSA) is 119 Å². The molecule has 1 N–H and O–H groups in total. The zero-order chi connectivity index (χ0) is 16.7. The SMILES string of the molecule is COc1cc2c(cc1[N+](=O)[O-])CN(C1CCC(=O)NC1=O)C2=O. The summed E-state index contributed by atoms with van der Waals surface area (Å²) in [6.07, 6.45) is 0.392. The minimum absolute atomic E-state index is 0.00720. The normalized spacial score (nSPS) is 20.3. The van der Waals surface area contributed by atoms with Crippen molar-refractivity contribution in [1.82, 2.24) is 10.2 Å². The largest absolute Gasteiger partial charge is 0.490 e. The van der Waals surface area contributed by atoms with Crippen molar-refractivity contribution in [1.29, 1.82) is 0 Å². The van der Waals surface area contributed by atoms with Gasteiger partial charge in [0.15, 0.2) is 5.75 Å². The number of carbonyl (C=O) groups excluding carboxylic acids is 3. The Bertz CT molecular complexity index is 744. The fraction of sp³-hybridized carbons (Fsp3) is 0.357. The van der Waals surface area contributed by atoms with Gasteiger partial charge in [0, 0.05) is 30.7 Å². The lowest BCUT2D eigenvalue weighted by molar-refractivity contribution is -0.385. The van der Waals surface area contributed by atoms with Gasteiger partial charge in [-0.1, -0.05) is 0 Å². The molecule has 0 aromatic heterocycles. The highest BCUT2D eigenvalue weighted by atomic mass is 16.6. The third-order valence-corrected chi connectivity index (χ3v) is 4.02. The maximum atomic E-state index is 12.5. The second kappa shape index (κ2) is 5.34. The van der Waals surface area contributed by atoms with Crippen molar-refractivity contribution in [2.24, 2.45) is 0 Å². The van der Waals surface area contributed by atoms with Gasteiger partial charge in [-0.3, -0.25) is 29.8 Å². The van der Waals surface area contributed by atoms with E-state index >= 15 is 0 Å². The number of amides is 3. The van der Waals surface area contributed by atoms with Crippen LogP contribution in [0.4, 0.5) is 5.69 Å². The number of hydrogen-bond acceptors (Lipinski definition) is 6. The number of nitrogens with zero attached hydrogens (tertiary/aromatic N) is 2. The molecule has 1 atom stereocenters. The monoisotopic (exact) mass is 319 g/mol.